The highest BCUT2D eigenvalue weighted by Crippen LogP contribution is 2.29. The van der Waals surface area contributed by atoms with E-state index >= 15 is 0 Å². The molecule has 6 heteroatoms. The van der Waals surface area contributed by atoms with Gasteiger partial charge in [-0.15, -0.1) is 0 Å². The van der Waals surface area contributed by atoms with E-state index in [1.54, 1.807) is 24.7 Å². The minimum Gasteiger partial charge on any atom is -0.382 e. The van der Waals surface area contributed by atoms with Crippen molar-refractivity contribution in [1.82, 2.24) is 24.9 Å². The molecule has 0 aliphatic rings. The Morgan fingerprint density at radius 3 is 2.70 bits per heavy atom. The minimum atomic E-state index is 0.352. The summed E-state index contributed by atoms with van der Waals surface area (Å²) in [6.45, 7) is 0. The number of benzene rings is 1. The molecule has 2 N–H and O–H groups in total. The van der Waals surface area contributed by atoms with E-state index < -0.39 is 0 Å². The number of fused-ring (bicyclic) bond motifs is 1. The topological polar surface area (TPSA) is 90.5 Å². The van der Waals surface area contributed by atoms with Crippen molar-refractivity contribution in [2.24, 2.45) is 0 Å². The van der Waals surface area contributed by atoms with E-state index in [0.29, 0.717) is 17.2 Å². The molecular weight excluding hydrogens is 288 g/mol. The first-order chi connectivity index (χ1) is 11.3. The van der Waals surface area contributed by atoms with Crippen LogP contribution in [0, 0.1) is 0 Å². The highest BCUT2D eigenvalue weighted by molar-refractivity contribution is 5.86. The fraction of sp³-hybridized carbons (Fsp3) is 0. The number of nitrogen functional groups attached to an aromatic ring is 1. The quantitative estimate of drug-likeness (QED) is 0.612. The Labute approximate surface area is 132 Å². The maximum absolute atomic E-state index is 5.81. The van der Waals surface area contributed by atoms with Gasteiger partial charge in [0.1, 0.15) is 17.8 Å². The molecule has 0 amide bonds. The molecule has 0 aliphatic heterocycles. The van der Waals surface area contributed by atoms with Crippen molar-refractivity contribution in [3.05, 3.63) is 61.3 Å². The van der Waals surface area contributed by atoms with Crippen molar-refractivity contribution in [2.45, 2.75) is 0 Å². The second kappa shape index (κ2) is 5.42. The first-order valence-corrected chi connectivity index (χ1v) is 7.05. The molecule has 23 heavy (non-hydrogen) atoms. The molecule has 0 radical (unpaired) electrons. The van der Waals surface area contributed by atoms with E-state index in [-0.39, 0.29) is 0 Å². The van der Waals surface area contributed by atoms with E-state index in [0.717, 1.165) is 22.2 Å². The second-order valence-corrected chi connectivity index (χ2v) is 5.00. The third-order valence-electron chi connectivity index (χ3n) is 3.49. The molecule has 110 valence electrons. The van der Waals surface area contributed by atoms with Crippen molar-refractivity contribution >= 4 is 16.7 Å². The number of hydrogen-bond donors (Lipinski definition) is 1. The highest BCUT2D eigenvalue weighted by Gasteiger charge is 2.13. The van der Waals surface area contributed by atoms with Gasteiger partial charge in [-0.25, -0.2) is 15.0 Å². The van der Waals surface area contributed by atoms with E-state index in [1.807, 2.05) is 30.3 Å². The first-order valence-electron chi connectivity index (χ1n) is 7.05. The predicted octanol–water partition coefficient (Wildman–Crippen LogP) is 2.73. The predicted molar refractivity (Wildman–Crippen MR) is 88.2 cm³/mol. The van der Waals surface area contributed by atoms with Crippen LogP contribution in [0.2, 0.25) is 0 Å². The summed E-state index contributed by atoms with van der Waals surface area (Å²) in [6, 6.07) is 11.7. The van der Waals surface area contributed by atoms with E-state index in [1.165, 1.54) is 6.33 Å². The van der Waals surface area contributed by atoms with Crippen LogP contribution < -0.4 is 5.73 Å². The molecule has 0 atom stereocenters. The molecule has 0 aliphatic carbocycles. The van der Waals surface area contributed by atoms with Crippen LogP contribution in [0.3, 0.4) is 0 Å². The lowest BCUT2D eigenvalue weighted by Gasteiger charge is -2.09. The maximum Gasteiger partial charge on any atom is 0.142 e. The van der Waals surface area contributed by atoms with Gasteiger partial charge in [0.25, 0.3) is 0 Å². The number of nitrogens with zero attached hydrogens (tertiary/aromatic N) is 5. The average molecular weight is 300 g/mol. The van der Waals surface area contributed by atoms with Crippen LogP contribution in [0.5, 0.6) is 0 Å². The zero-order valence-corrected chi connectivity index (χ0v) is 12.1. The van der Waals surface area contributed by atoms with Crippen LogP contribution in [-0.2, 0) is 0 Å². The Morgan fingerprint density at radius 1 is 0.870 bits per heavy atom. The van der Waals surface area contributed by atoms with Crippen LogP contribution in [0.1, 0.15) is 0 Å². The SMILES string of the molecule is Nc1cnc(-c2ccc3ncccc3c2)c(-c2ccncn2)n1. The fourth-order valence-corrected chi connectivity index (χ4v) is 2.45. The minimum absolute atomic E-state index is 0.352. The molecule has 0 bridgehead atoms. The Kier molecular flexibility index (Phi) is 3.12. The van der Waals surface area contributed by atoms with Crippen molar-refractivity contribution in [1.29, 1.82) is 0 Å². The van der Waals surface area contributed by atoms with E-state index in [9.17, 15) is 0 Å². The number of anilines is 1. The van der Waals surface area contributed by atoms with Crippen LogP contribution in [-0.4, -0.2) is 24.9 Å². The molecule has 3 aromatic heterocycles. The van der Waals surface area contributed by atoms with E-state index in [4.69, 9.17) is 5.73 Å². The zero-order chi connectivity index (χ0) is 15.6. The van der Waals surface area contributed by atoms with Gasteiger partial charge in [0, 0.05) is 23.3 Å². The molecule has 0 saturated carbocycles. The summed E-state index contributed by atoms with van der Waals surface area (Å²) in [5.74, 6) is 0.352. The lowest BCUT2D eigenvalue weighted by Crippen LogP contribution is -1.99. The van der Waals surface area contributed by atoms with Crippen molar-refractivity contribution in [3.8, 4) is 22.6 Å². The summed E-state index contributed by atoms with van der Waals surface area (Å²) >= 11 is 0. The number of nitrogens with two attached hydrogens (primary N) is 1. The molecular formula is C17H12N6. The van der Waals surface area contributed by atoms with Gasteiger partial charge < -0.3 is 5.73 Å². The molecule has 0 saturated heterocycles. The standard InChI is InChI=1S/C17H12N6/c18-15-9-21-16(17(23-15)14-5-7-19-10-22-14)12-3-4-13-11(8-12)2-1-6-20-13/h1-10H,(H2,18,23). The van der Waals surface area contributed by atoms with Crippen LogP contribution in [0.25, 0.3) is 33.5 Å². The van der Waals surface area contributed by atoms with Gasteiger partial charge in [0.05, 0.1) is 23.1 Å². The second-order valence-electron chi connectivity index (χ2n) is 5.00. The van der Waals surface area contributed by atoms with E-state index in [2.05, 4.69) is 24.9 Å². The molecule has 6 nitrogen and oxygen atoms in total. The first kappa shape index (κ1) is 13.3. The van der Waals surface area contributed by atoms with Gasteiger partial charge in [-0.1, -0.05) is 12.1 Å². The average Bonchev–Trinajstić information content (AvgIpc) is 2.62. The summed E-state index contributed by atoms with van der Waals surface area (Å²) in [6.07, 6.45) is 6.47. The van der Waals surface area contributed by atoms with Crippen LogP contribution >= 0.6 is 0 Å². The summed E-state index contributed by atoms with van der Waals surface area (Å²) in [4.78, 5) is 21.4. The molecule has 3 heterocycles. The Balaban J connectivity index is 1.94. The van der Waals surface area contributed by atoms with Gasteiger partial charge in [0.15, 0.2) is 0 Å². The number of hydrogen-bond acceptors (Lipinski definition) is 6. The van der Waals surface area contributed by atoms with Gasteiger partial charge >= 0.3 is 0 Å². The Bertz CT molecular complexity index is 984. The summed E-state index contributed by atoms with van der Waals surface area (Å²) in [7, 11) is 0. The summed E-state index contributed by atoms with van der Waals surface area (Å²) in [5.41, 5.74) is 9.72. The molecule has 0 unspecified atom stereocenters. The summed E-state index contributed by atoms with van der Waals surface area (Å²) in [5, 5.41) is 1.04. The third-order valence-corrected chi connectivity index (χ3v) is 3.49. The smallest absolute Gasteiger partial charge is 0.142 e. The molecule has 0 fully saturated rings. The fourth-order valence-electron chi connectivity index (χ4n) is 2.45. The number of aromatic nitrogens is 5. The van der Waals surface area contributed by atoms with Crippen molar-refractivity contribution in [3.63, 3.8) is 0 Å². The monoisotopic (exact) mass is 300 g/mol. The largest absolute Gasteiger partial charge is 0.382 e. The number of pyridine rings is 1. The zero-order valence-electron chi connectivity index (χ0n) is 12.1. The molecule has 4 aromatic rings. The van der Waals surface area contributed by atoms with Crippen molar-refractivity contribution < 1.29 is 0 Å². The Hall–Kier alpha value is -3.41. The Morgan fingerprint density at radius 2 is 1.83 bits per heavy atom. The number of rotatable bonds is 2. The van der Waals surface area contributed by atoms with Gasteiger partial charge in [-0.3, -0.25) is 9.97 Å². The molecule has 0 spiro atoms. The summed E-state index contributed by atoms with van der Waals surface area (Å²) < 4.78 is 0. The normalized spacial score (nSPS) is 10.8. The van der Waals surface area contributed by atoms with Gasteiger partial charge in [0.2, 0.25) is 0 Å². The lowest BCUT2D eigenvalue weighted by molar-refractivity contribution is 1.14. The maximum atomic E-state index is 5.81. The van der Waals surface area contributed by atoms with Crippen LogP contribution in [0.15, 0.2) is 61.3 Å². The van der Waals surface area contributed by atoms with Crippen LogP contribution in [0.4, 0.5) is 5.82 Å². The lowest BCUT2D eigenvalue weighted by atomic mass is 10.0. The van der Waals surface area contributed by atoms with Gasteiger partial charge in [-0.2, -0.15) is 0 Å². The van der Waals surface area contributed by atoms with Crippen molar-refractivity contribution in [2.75, 3.05) is 5.73 Å². The third kappa shape index (κ3) is 2.46. The van der Waals surface area contributed by atoms with Gasteiger partial charge in [-0.05, 0) is 24.3 Å². The molecule has 4 rings (SSSR count). The highest BCUT2D eigenvalue weighted by atomic mass is 14.9. The molecule has 1 aromatic carbocycles.